The second kappa shape index (κ2) is 8.08. The molecular formula is C18H16Cl2N2OSe. The van der Waals surface area contributed by atoms with Gasteiger partial charge in [0.25, 0.3) is 0 Å². The van der Waals surface area contributed by atoms with Crippen molar-refractivity contribution in [2.24, 2.45) is 0 Å². The molecule has 0 aliphatic rings. The number of imidazole rings is 1. The number of hydrogen-bond donors (Lipinski definition) is 0. The fraction of sp³-hybridized carbons (Fsp3) is 0.167. The third-order valence-corrected chi connectivity index (χ3v) is 6.67. The first-order valence-corrected chi connectivity index (χ1v) is 9.97. The van der Waals surface area contributed by atoms with E-state index in [1.807, 2.05) is 36.8 Å². The van der Waals surface area contributed by atoms with Crippen LogP contribution in [0, 0.1) is 0 Å². The molecule has 0 aliphatic heterocycles. The predicted octanol–water partition coefficient (Wildman–Crippen LogP) is 3.97. The molecule has 3 rings (SSSR count). The molecule has 2 aromatic carbocycles. The van der Waals surface area contributed by atoms with Crippen LogP contribution in [-0.2, 0) is 6.54 Å². The molecule has 6 heteroatoms. The summed E-state index contributed by atoms with van der Waals surface area (Å²) in [4.78, 5) is 4.40. The molecule has 24 heavy (non-hydrogen) atoms. The van der Waals surface area contributed by atoms with Gasteiger partial charge in [-0.05, 0) is 0 Å². The molecular weight excluding hydrogens is 410 g/mol. The van der Waals surface area contributed by atoms with Crippen molar-refractivity contribution in [1.29, 1.82) is 0 Å². The first kappa shape index (κ1) is 17.4. The molecule has 124 valence electrons. The Morgan fingerprint density at radius 2 is 2.08 bits per heavy atom. The zero-order valence-electron chi connectivity index (χ0n) is 13.0. The second-order valence-electron chi connectivity index (χ2n) is 5.21. The molecule has 1 heterocycles. The summed E-state index contributed by atoms with van der Waals surface area (Å²) in [6.07, 6.45) is 5.59. The van der Waals surface area contributed by atoms with E-state index >= 15 is 0 Å². The summed E-state index contributed by atoms with van der Waals surface area (Å²) in [5.74, 6) is 0.873. The van der Waals surface area contributed by atoms with Crippen LogP contribution in [-0.4, -0.2) is 31.6 Å². The maximum absolute atomic E-state index is 6.47. The molecule has 0 amide bonds. The fourth-order valence-corrected chi connectivity index (χ4v) is 5.69. The van der Waals surface area contributed by atoms with Crippen LogP contribution in [0.2, 0.25) is 10.0 Å². The molecule has 0 saturated carbocycles. The molecule has 0 saturated heterocycles. The number of methoxy groups -OCH3 is 1. The van der Waals surface area contributed by atoms with E-state index in [9.17, 15) is 0 Å². The van der Waals surface area contributed by atoms with Crippen LogP contribution in [0.25, 0.3) is 0 Å². The van der Waals surface area contributed by atoms with Gasteiger partial charge < -0.3 is 0 Å². The van der Waals surface area contributed by atoms with Gasteiger partial charge >= 0.3 is 158 Å². The quantitative estimate of drug-likeness (QED) is 0.558. The molecule has 0 spiro atoms. The van der Waals surface area contributed by atoms with Gasteiger partial charge in [-0.15, -0.1) is 0 Å². The Balaban J connectivity index is 1.91. The van der Waals surface area contributed by atoms with Crippen LogP contribution in [0.15, 0.2) is 61.2 Å². The Morgan fingerprint density at radius 3 is 2.79 bits per heavy atom. The average molecular weight is 426 g/mol. The number of halogens is 2. The summed E-state index contributed by atoms with van der Waals surface area (Å²) in [7, 11) is 1.69. The number of nitrogens with zero attached hydrogens (tertiary/aromatic N) is 2. The van der Waals surface area contributed by atoms with Gasteiger partial charge in [-0.1, -0.05) is 0 Å². The predicted molar refractivity (Wildman–Crippen MR) is 99.8 cm³/mol. The van der Waals surface area contributed by atoms with Crippen molar-refractivity contribution >= 4 is 42.6 Å². The molecule has 0 aliphatic carbocycles. The van der Waals surface area contributed by atoms with Gasteiger partial charge in [0.2, 0.25) is 0 Å². The SMILES string of the molecule is COc1cccc([Se]C(Cn2ccnc2)c2ccc(Cl)cc2Cl)c1. The minimum absolute atomic E-state index is 0.177. The summed E-state index contributed by atoms with van der Waals surface area (Å²) >= 11 is 12.7. The number of aromatic nitrogens is 2. The van der Waals surface area contributed by atoms with Gasteiger partial charge in [-0.25, -0.2) is 0 Å². The molecule has 3 nitrogen and oxygen atoms in total. The molecule has 0 N–H and O–H groups in total. The van der Waals surface area contributed by atoms with Crippen molar-refractivity contribution in [3.8, 4) is 5.75 Å². The van der Waals surface area contributed by atoms with E-state index in [1.54, 1.807) is 19.4 Å². The molecule has 0 bridgehead atoms. The van der Waals surface area contributed by atoms with Crippen LogP contribution >= 0.6 is 23.2 Å². The van der Waals surface area contributed by atoms with E-state index in [1.165, 1.54) is 4.46 Å². The Bertz CT molecular complexity index is 809. The topological polar surface area (TPSA) is 27.1 Å². The number of rotatable bonds is 6. The molecule has 1 atom stereocenters. The molecule has 3 aromatic rings. The van der Waals surface area contributed by atoms with Crippen LogP contribution in [0.4, 0.5) is 0 Å². The Labute approximate surface area is 157 Å². The van der Waals surface area contributed by atoms with E-state index in [2.05, 4.69) is 21.7 Å². The zero-order chi connectivity index (χ0) is 16.9. The van der Waals surface area contributed by atoms with Crippen molar-refractivity contribution in [3.05, 3.63) is 76.8 Å². The monoisotopic (exact) mass is 426 g/mol. The van der Waals surface area contributed by atoms with Crippen molar-refractivity contribution < 1.29 is 4.74 Å². The van der Waals surface area contributed by atoms with Crippen molar-refractivity contribution in [1.82, 2.24) is 9.55 Å². The van der Waals surface area contributed by atoms with Gasteiger partial charge in [-0.3, -0.25) is 0 Å². The van der Waals surface area contributed by atoms with Crippen molar-refractivity contribution in [3.63, 3.8) is 0 Å². The van der Waals surface area contributed by atoms with Gasteiger partial charge in [0.15, 0.2) is 0 Å². The summed E-state index contributed by atoms with van der Waals surface area (Å²) in [6, 6.07) is 13.9. The van der Waals surface area contributed by atoms with Crippen molar-refractivity contribution in [2.45, 2.75) is 11.4 Å². The minimum atomic E-state index is 0.177. The first-order chi connectivity index (χ1) is 11.7. The average Bonchev–Trinajstić information content (AvgIpc) is 3.07. The zero-order valence-corrected chi connectivity index (χ0v) is 16.2. The summed E-state index contributed by atoms with van der Waals surface area (Å²) in [5, 5.41) is 1.36. The van der Waals surface area contributed by atoms with Gasteiger partial charge in [-0.2, -0.15) is 0 Å². The third-order valence-electron chi connectivity index (χ3n) is 3.56. The number of benzene rings is 2. The van der Waals surface area contributed by atoms with Crippen LogP contribution in [0.5, 0.6) is 5.75 Å². The summed E-state index contributed by atoms with van der Waals surface area (Å²) in [6.45, 7) is 0.818. The van der Waals surface area contributed by atoms with E-state index in [0.717, 1.165) is 17.9 Å². The van der Waals surface area contributed by atoms with Crippen LogP contribution in [0.1, 0.15) is 10.4 Å². The standard InChI is InChI=1S/C18H16Cl2N2OSe/c1-23-14-3-2-4-15(10-14)24-18(11-22-8-7-21-12-22)16-6-5-13(19)9-17(16)20/h2-10,12,18H,11H2,1H3. The number of hydrogen-bond acceptors (Lipinski definition) is 2. The summed E-state index contributed by atoms with van der Waals surface area (Å²) < 4.78 is 8.68. The van der Waals surface area contributed by atoms with Gasteiger partial charge in [0.1, 0.15) is 0 Å². The number of ether oxygens (including phenoxy) is 1. The Hall–Kier alpha value is -1.45. The first-order valence-electron chi connectivity index (χ1n) is 7.37. The normalized spacial score (nSPS) is 12.1. The van der Waals surface area contributed by atoms with E-state index < -0.39 is 0 Å². The second-order valence-corrected chi connectivity index (χ2v) is 8.73. The van der Waals surface area contributed by atoms with Gasteiger partial charge in [0.05, 0.1) is 0 Å². The maximum atomic E-state index is 6.47. The fourth-order valence-electron chi connectivity index (χ4n) is 2.39. The third kappa shape index (κ3) is 4.34. The summed E-state index contributed by atoms with van der Waals surface area (Å²) in [5.41, 5.74) is 1.11. The van der Waals surface area contributed by atoms with E-state index in [-0.39, 0.29) is 19.8 Å². The van der Waals surface area contributed by atoms with Gasteiger partial charge in [0, 0.05) is 0 Å². The molecule has 0 fully saturated rings. The van der Waals surface area contributed by atoms with E-state index in [0.29, 0.717) is 10.0 Å². The van der Waals surface area contributed by atoms with Crippen LogP contribution in [0.3, 0.4) is 0 Å². The Kier molecular flexibility index (Phi) is 5.85. The van der Waals surface area contributed by atoms with E-state index in [4.69, 9.17) is 27.9 Å². The molecule has 1 aromatic heterocycles. The molecule has 0 radical (unpaired) electrons. The Morgan fingerprint density at radius 1 is 1.21 bits per heavy atom. The van der Waals surface area contributed by atoms with Crippen LogP contribution < -0.4 is 9.20 Å². The molecule has 1 unspecified atom stereocenters. The van der Waals surface area contributed by atoms with Crippen molar-refractivity contribution in [2.75, 3.05) is 7.11 Å².